The largest absolute Gasteiger partial charge is 0.491 e. The van der Waals surface area contributed by atoms with Crippen molar-refractivity contribution in [2.24, 2.45) is 0 Å². The SMILES string of the molecule is O=C(OC(=O)C(F)(F)F)C1OCC(O)C(O)C1O. The fourth-order valence-corrected chi connectivity index (χ4v) is 1.22. The first-order valence-electron chi connectivity index (χ1n) is 4.63. The van der Waals surface area contributed by atoms with Crippen molar-refractivity contribution < 1.29 is 47.6 Å². The Kier molecular flexibility index (Phi) is 4.27. The lowest BCUT2D eigenvalue weighted by atomic mass is 10.0. The van der Waals surface area contributed by atoms with Crippen LogP contribution in [0, 0.1) is 0 Å². The molecule has 0 aliphatic carbocycles. The summed E-state index contributed by atoms with van der Waals surface area (Å²) in [7, 11) is 0. The van der Waals surface area contributed by atoms with Crippen LogP contribution in [0.5, 0.6) is 0 Å². The monoisotopic (exact) mass is 274 g/mol. The summed E-state index contributed by atoms with van der Waals surface area (Å²) in [5, 5.41) is 27.5. The van der Waals surface area contributed by atoms with Gasteiger partial charge >= 0.3 is 18.1 Å². The smallest absolute Gasteiger partial charge is 0.388 e. The first-order chi connectivity index (χ1) is 8.14. The van der Waals surface area contributed by atoms with E-state index in [1.165, 1.54) is 0 Å². The summed E-state index contributed by atoms with van der Waals surface area (Å²) in [4.78, 5) is 21.5. The minimum Gasteiger partial charge on any atom is -0.388 e. The lowest BCUT2D eigenvalue weighted by molar-refractivity contribution is -0.219. The van der Waals surface area contributed by atoms with Gasteiger partial charge in [-0.05, 0) is 0 Å². The van der Waals surface area contributed by atoms with Crippen LogP contribution in [-0.4, -0.2) is 64.5 Å². The zero-order chi connectivity index (χ0) is 14.1. The molecule has 1 heterocycles. The van der Waals surface area contributed by atoms with Gasteiger partial charge in [0, 0.05) is 0 Å². The van der Waals surface area contributed by atoms with Crippen LogP contribution in [-0.2, 0) is 19.1 Å². The van der Waals surface area contributed by atoms with Gasteiger partial charge < -0.3 is 24.8 Å². The Labute approximate surface area is 97.7 Å². The number of esters is 2. The van der Waals surface area contributed by atoms with E-state index in [0.717, 1.165) is 0 Å². The third-order valence-electron chi connectivity index (χ3n) is 2.16. The second-order valence-electron chi connectivity index (χ2n) is 3.51. The molecule has 1 rings (SSSR count). The quantitative estimate of drug-likeness (QED) is 0.378. The molecule has 4 atom stereocenters. The average Bonchev–Trinajstić information content (AvgIpc) is 2.24. The van der Waals surface area contributed by atoms with E-state index in [2.05, 4.69) is 9.47 Å². The van der Waals surface area contributed by atoms with Crippen LogP contribution in [0.25, 0.3) is 0 Å². The van der Waals surface area contributed by atoms with E-state index in [9.17, 15) is 27.9 Å². The summed E-state index contributed by atoms with van der Waals surface area (Å²) < 4.78 is 43.3. The van der Waals surface area contributed by atoms with Crippen LogP contribution in [0.2, 0.25) is 0 Å². The van der Waals surface area contributed by atoms with E-state index in [-0.39, 0.29) is 0 Å². The van der Waals surface area contributed by atoms with Gasteiger partial charge in [-0.2, -0.15) is 13.2 Å². The molecule has 104 valence electrons. The maximum absolute atomic E-state index is 11.8. The number of hydrogen-bond acceptors (Lipinski definition) is 7. The van der Waals surface area contributed by atoms with Gasteiger partial charge in [0.15, 0.2) is 6.10 Å². The van der Waals surface area contributed by atoms with Gasteiger partial charge in [0.1, 0.15) is 18.3 Å². The predicted octanol–water partition coefficient (Wildman–Crippen LogP) is -1.90. The highest BCUT2D eigenvalue weighted by atomic mass is 19.4. The first kappa shape index (κ1) is 14.8. The number of carbonyl (C=O) groups is 2. The summed E-state index contributed by atoms with van der Waals surface area (Å²) in [6, 6.07) is 0. The Bertz CT molecular complexity index is 342. The van der Waals surface area contributed by atoms with E-state index in [1.54, 1.807) is 0 Å². The molecular weight excluding hydrogens is 265 g/mol. The zero-order valence-electron chi connectivity index (χ0n) is 8.63. The number of aliphatic hydroxyl groups excluding tert-OH is 3. The summed E-state index contributed by atoms with van der Waals surface area (Å²) in [6.45, 7) is -0.599. The van der Waals surface area contributed by atoms with Crippen LogP contribution in [0.15, 0.2) is 0 Å². The Morgan fingerprint density at radius 2 is 1.72 bits per heavy atom. The van der Waals surface area contributed by atoms with Crippen LogP contribution in [0.3, 0.4) is 0 Å². The molecule has 0 saturated carbocycles. The molecule has 3 N–H and O–H groups in total. The van der Waals surface area contributed by atoms with Crippen molar-refractivity contribution in [1.29, 1.82) is 0 Å². The van der Waals surface area contributed by atoms with Crippen molar-refractivity contribution >= 4 is 11.9 Å². The van der Waals surface area contributed by atoms with Crippen LogP contribution < -0.4 is 0 Å². The summed E-state index contributed by atoms with van der Waals surface area (Å²) in [5.74, 6) is -4.56. The van der Waals surface area contributed by atoms with Crippen molar-refractivity contribution in [3.63, 3.8) is 0 Å². The summed E-state index contributed by atoms with van der Waals surface area (Å²) in [6.07, 6.45) is -12.6. The third-order valence-corrected chi connectivity index (χ3v) is 2.16. The number of halogens is 3. The first-order valence-corrected chi connectivity index (χ1v) is 4.63. The van der Waals surface area contributed by atoms with E-state index < -0.39 is 49.1 Å². The van der Waals surface area contributed by atoms with Crippen molar-refractivity contribution in [1.82, 2.24) is 0 Å². The molecule has 0 bridgehead atoms. The minimum atomic E-state index is -5.37. The normalized spacial score (nSPS) is 33.0. The molecule has 0 spiro atoms. The number of rotatable bonds is 1. The second kappa shape index (κ2) is 5.18. The molecule has 1 fully saturated rings. The molecule has 0 amide bonds. The highest BCUT2D eigenvalue weighted by Gasteiger charge is 2.47. The van der Waals surface area contributed by atoms with E-state index in [4.69, 9.17) is 10.2 Å². The van der Waals surface area contributed by atoms with E-state index in [1.807, 2.05) is 0 Å². The Morgan fingerprint density at radius 1 is 1.17 bits per heavy atom. The average molecular weight is 274 g/mol. The molecule has 0 radical (unpaired) electrons. The Balaban J connectivity index is 2.65. The van der Waals surface area contributed by atoms with Crippen molar-refractivity contribution in [3.05, 3.63) is 0 Å². The number of carbonyl (C=O) groups excluding carboxylic acids is 2. The van der Waals surface area contributed by atoms with Gasteiger partial charge in [0.05, 0.1) is 6.61 Å². The van der Waals surface area contributed by atoms with Gasteiger partial charge in [0.25, 0.3) is 0 Å². The fraction of sp³-hybridized carbons (Fsp3) is 0.750. The number of hydrogen-bond donors (Lipinski definition) is 3. The topological polar surface area (TPSA) is 113 Å². The van der Waals surface area contributed by atoms with Gasteiger partial charge in [-0.25, -0.2) is 9.59 Å². The molecule has 0 aromatic heterocycles. The van der Waals surface area contributed by atoms with Gasteiger partial charge in [-0.15, -0.1) is 0 Å². The molecule has 0 aromatic carbocycles. The van der Waals surface area contributed by atoms with Gasteiger partial charge in [0.2, 0.25) is 0 Å². The van der Waals surface area contributed by atoms with Crippen LogP contribution in [0.1, 0.15) is 0 Å². The summed E-state index contributed by atoms with van der Waals surface area (Å²) >= 11 is 0. The molecule has 7 nitrogen and oxygen atoms in total. The minimum absolute atomic E-state index is 0.599. The molecule has 10 heteroatoms. The van der Waals surface area contributed by atoms with Crippen molar-refractivity contribution in [2.75, 3.05) is 6.61 Å². The lowest BCUT2D eigenvalue weighted by Crippen LogP contribution is -2.56. The number of ether oxygens (including phenoxy) is 2. The number of aliphatic hydroxyl groups is 3. The van der Waals surface area contributed by atoms with Crippen molar-refractivity contribution in [2.45, 2.75) is 30.6 Å². The maximum atomic E-state index is 11.8. The van der Waals surface area contributed by atoms with Gasteiger partial charge in [-0.3, -0.25) is 0 Å². The lowest BCUT2D eigenvalue weighted by Gasteiger charge is -2.33. The molecule has 1 saturated heterocycles. The van der Waals surface area contributed by atoms with E-state index >= 15 is 0 Å². The van der Waals surface area contributed by atoms with Crippen molar-refractivity contribution in [3.8, 4) is 0 Å². The Hall–Kier alpha value is -1.23. The Morgan fingerprint density at radius 3 is 2.22 bits per heavy atom. The summed E-state index contributed by atoms with van der Waals surface area (Å²) in [5.41, 5.74) is 0. The molecule has 18 heavy (non-hydrogen) atoms. The standard InChI is InChI=1S/C8H9F3O7/c9-8(10,11)7(16)18-6(15)5-4(14)3(13)2(12)1-17-5/h2-5,12-14H,1H2. The molecule has 1 aliphatic heterocycles. The molecule has 4 unspecified atom stereocenters. The van der Waals surface area contributed by atoms with E-state index in [0.29, 0.717) is 0 Å². The van der Waals surface area contributed by atoms with Crippen LogP contribution >= 0.6 is 0 Å². The highest BCUT2D eigenvalue weighted by molar-refractivity contribution is 5.90. The van der Waals surface area contributed by atoms with Crippen LogP contribution in [0.4, 0.5) is 13.2 Å². The molecular formula is C8H9F3O7. The third kappa shape index (κ3) is 3.16. The second-order valence-corrected chi connectivity index (χ2v) is 3.51. The number of alkyl halides is 3. The molecule has 1 aliphatic rings. The van der Waals surface area contributed by atoms with Gasteiger partial charge in [-0.1, -0.05) is 0 Å². The predicted molar refractivity (Wildman–Crippen MR) is 44.9 cm³/mol. The molecule has 0 aromatic rings. The maximum Gasteiger partial charge on any atom is 0.491 e. The highest BCUT2D eigenvalue weighted by Crippen LogP contribution is 2.20. The fourth-order valence-electron chi connectivity index (χ4n) is 1.22. The zero-order valence-corrected chi connectivity index (χ0v) is 8.63.